The van der Waals surface area contributed by atoms with Crippen molar-refractivity contribution >= 4 is 5.97 Å². The van der Waals surface area contributed by atoms with Crippen LogP contribution in [0.1, 0.15) is 56.1 Å². The summed E-state index contributed by atoms with van der Waals surface area (Å²) in [5.74, 6) is 0.451. The first-order chi connectivity index (χ1) is 12.2. The van der Waals surface area contributed by atoms with Gasteiger partial charge >= 0.3 is 12.1 Å². The van der Waals surface area contributed by atoms with E-state index < -0.39 is 23.3 Å². The highest BCUT2D eigenvalue weighted by Gasteiger charge is 2.57. The fourth-order valence-electron chi connectivity index (χ4n) is 6.05. The summed E-state index contributed by atoms with van der Waals surface area (Å²) in [6.45, 7) is -0.373. The minimum Gasteiger partial charge on any atom is -0.461 e. The molecule has 1 N–H and O–H groups in total. The molecule has 4 aliphatic carbocycles. The van der Waals surface area contributed by atoms with Crippen molar-refractivity contribution in [3.63, 3.8) is 0 Å². The minimum atomic E-state index is -4.47. The average molecular weight is 368 g/mol. The van der Waals surface area contributed by atoms with Crippen molar-refractivity contribution in [2.75, 3.05) is 0 Å². The highest BCUT2D eigenvalue weighted by atomic mass is 19.4. The van der Waals surface area contributed by atoms with Gasteiger partial charge in [-0.25, -0.2) is 0 Å². The first-order valence-corrected chi connectivity index (χ1v) is 9.20. The Morgan fingerprint density at radius 3 is 2.42 bits per heavy atom. The zero-order valence-corrected chi connectivity index (χ0v) is 14.5. The number of halogens is 3. The Hall–Kier alpha value is -1.56. The van der Waals surface area contributed by atoms with E-state index in [9.17, 15) is 23.1 Å². The van der Waals surface area contributed by atoms with Gasteiger partial charge in [0.05, 0.1) is 17.6 Å². The lowest BCUT2D eigenvalue weighted by Crippen LogP contribution is -2.56. The Bertz CT molecular complexity index is 698. The molecule has 0 heterocycles. The molecule has 3 nitrogen and oxygen atoms in total. The molecule has 0 saturated heterocycles. The Kier molecular flexibility index (Phi) is 4.10. The number of alkyl halides is 3. The van der Waals surface area contributed by atoms with Crippen LogP contribution in [-0.4, -0.2) is 16.7 Å². The summed E-state index contributed by atoms with van der Waals surface area (Å²) in [7, 11) is 0. The Labute approximate surface area is 150 Å². The van der Waals surface area contributed by atoms with Gasteiger partial charge in [0, 0.05) is 5.56 Å². The summed E-state index contributed by atoms with van der Waals surface area (Å²) < 4.78 is 44.3. The molecule has 4 aliphatic rings. The quantitative estimate of drug-likeness (QED) is 0.798. The number of aliphatic hydroxyl groups is 1. The summed E-state index contributed by atoms with van der Waals surface area (Å²) in [6, 6.07) is 5.17. The van der Waals surface area contributed by atoms with Gasteiger partial charge in [0.1, 0.15) is 6.61 Å². The molecule has 1 aromatic carbocycles. The summed E-state index contributed by atoms with van der Waals surface area (Å²) in [5, 5.41) is 10.7. The van der Waals surface area contributed by atoms with Crippen LogP contribution in [0.2, 0.25) is 0 Å². The number of hydrogen-bond acceptors (Lipinski definition) is 3. The summed E-state index contributed by atoms with van der Waals surface area (Å²) in [6.07, 6.45) is 0.931. The van der Waals surface area contributed by atoms with E-state index >= 15 is 0 Å². The van der Waals surface area contributed by atoms with Crippen LogP contribution >= 0.6 is 0 Å². The molecule has 4 bridgehead atoms. The van der Waals surface area contributed by atoms with E-state index in [0.717, 1.165) is 38.2 Å². The van der Waals surface area contributed by atoms with Gasteiger partial charge < -0.3 is 9.84 Å². The van der Waals surface area contributed by atoms with Crippen molar-refractivity contribution in [1.82, 2.24) is 0 Å². The minimum absolute atomic E-state index is 0.0301. The normalized spacial score (nSPS) is 35.5. The first-order valence-electron chi connectivity index (χ1n) is 9.20. The van der Waals surface area contributed by atoms with Crippen LogP contribution < -0.4 is 0 Å². The number of esters is 1. The third-order valence-electron chi connectivity index (χ3n) is 6.38. The lowest BCUT2D eigenvalue weighted by atomic mass is 9.47. The summed E-state index contributed by atoms with van der Waals surface area (Å²) >= 11 is 0. The highest BCUT2D eigenvalue weighted by Crippen LogP contribution is 2.62. The summed E-state index contributed by atoms with van der Waals surface area (Å²) in [5.41, 5.74) is -1.69. The van der Waals surface area contributed by atoms with Crippen LogP contribution in [0.3, 0.4) is 0 Å². The molecule has 0 aliphatic heterocycles. The molecule has 4 saturated carbocycles. The van der Waals surface area contributed by atoms with Crippen molar-refractivity contribution in [3.05, 3.63) is 35.4 Å². The SMILES string of the molecule is O=C(CC12C[C@H]3C[C@@H](CC(O)(C3)C1)C2)OCc1ccccc1C(F)(F)F. The maximum atomic E-state index is 13.0. The molecule has 0 radical (unpaired) electrons. The third-order valence-corrected chi connectivity index (χ3v) is 6.38. The van der Waals surface area contributed by atoms with Crippen LogP contribution in [-0.2, 0) is 22.3 Å². The smallest absolute Gasteiger partial charge is 0.416 e. The van der Waals surface area contributed by atoms with Gasteiger partial charge in [-0.3, -0.25) is 4.79 Å². The average Bonchev–Trinajstić information content (AvgIpc) is 2.49. The molecule has 0 amide bonds. The fourth-order valence-corrected chi connectivity index (χ4v) is 6.05. The van der Waals surface area contributed by atoms with Crippen molar-refractivity contribution in [2.24, 2.45) is 17.3 Å². The second-order valence-corrected chi connectivity index (χ2v) is 8.68. The van der Waals surface area contributed by atoms with E-state index in [2.05, 4.69) is 0 Å². The topological polar surface area (TPSA) is 46.5 Å². The van der Waals surface area contributed by atoms with E-state index in [1.54, 1.807) is 0 Å². The van der Waals surface area contributed by atoms with Gasteiger partial charge in [0.25, 0.3) is 0 Å². The number of hydrogen-bond donors (Lipinski definition) is 1. The van der Waals surface area contributed by atoms with Crippen LogP contribution in [0.5, 0.6) is 0 Å². The molecule has 1 aromatic rings. The lowest BCUT2D eigenvalue weighted by Gasteiger charge is -2.60. The molecule has 26 heavy (non-hydrogen) atoms. The van der Waals surface area contributed by atoms with Gasteiger partial charge in [-0.15, -0.1) is 0 Å². The van der Waals surface area contributed by atoms with Crippen LogP contribution in [0.4, 0.5) is 13.2 Å². The van der Waals surface area contributed by atoms with Crippen molar-refractivity contribution in [2.45, 2.75) is 63.3 Å². The zero-order chi connectivity index (χ0) is 18.6. The molecule has 0 aromatic heterocycles. The molecule has 6 heteroatoms. The maximum absolute atomic E-state index is 13.0. The maximum Gasteiger partial charge on any atom is 0.416 e. The van der Waals surface area contributed by atoms with E-state index in [4.69, 9.17) is 4.74 Å². The molecular weight excluding hydrogens is 345 g/mol. The predicted molar refractivity (Wildman–Crippen MR) is 87.9 cm³/mol. The van der Waals surface area contributed by atoms with Crippen molar-refractivity contribution in [1.29, 1.82) is 0 Å². The molecule has 142 valence electrons. The number of carbonyl (C=O) groups excluding carboxylic acids is 1. The molecule has 0 spiro atoms. The van der Waals surface area contributed by atoms with E-state index in [1.807, 2.05) is 0 Å². The fraction of sp³-hybridized carbons (Fsp3) is 0.650. The van der Waals surface area contributed by atoms with Gasteiger partial charge in [-0.2, -0.15) is 13.2 Å². The largest absolute Gasteiger partial charge is 0.461 e. The van der Waals surface area contributed by atoms with Gasteiger partial charge in [-0.1, -0.05) is 18.2 Å². The van der Waals surface area contributed by atoms with Gasteiger partial charge in [-0.05, 0) is 61.8 Å². The van der Waals surface area contributed by atoms with E-state index in [1.165, 1.54) is 18.2 Å². The van der Waals surface area contributed by atoms with Crippen molar-refractivity contribution < 1.29 is 27.8 Å². The third kappa shape index (κ3) is 3.36. The van der Waals surface area contributed by atoms with E-state index in [-0.39, 0.29) is 24.0 Å². The Morgan fingerprint density at radius 2 is 1.81 bits per heavy atom. The second-order valence-electron chi connectivity index (χ2n) is 8.68. The number of rotatable bonds is 4. The predicted octanol–water partition coefficient (Wildman–Crippen LogP) is 4.47. The molecule has 0 unspecified atom stereocenters. The Morgan fingerprint density at radius 1 is 1.15 bits per heavy atom. The molecule has 2 atom stereocenters. The van der Waals surface area contributed by atoms with Gasteiger partial charge in [0.2, 0.25) is 0 Å². The second kappa shape index (κ2) is 5.98. The summed E-state index contributed by atoms with van der Waals surface area (Å²) in [4.78, 5) is 12.4. The standard InChI is InChI=1S/C20H23F3O3/c21-20(22,23)16-4-2-1-3-15(16)11-26-17(24)10-18-6-13-5-14(7-18)9-19(25,8-13)12-18/h1-4,13-14,25H,5-12H2/t13-,14-,18?,19?/m1/s1. The Balaban J connectivity index is 1.41. The number of ether oxygens (including phenoxy) is 1. The van der Waals surface area contributed by atoms with Crippen LogP contribution in [0.25, 0.3) is 0 Å². The number of benzene rings is 1. The molecular formula is C20H23F3O3. The molecule has 5 rings (SSSR count). The lowest BCUT2D eigenvalue weighted by molar-refractivity contribution is -0.177. The van der Waals surface area contributed by atoms with Crippen molar-refractivity contribution in [3.8, 4) is 0 Å². The molecule has 4 fully saturated rings. The van der Waals surface area contributed by atoms with Crippen LogP contribution in [0, 0.1) is 17.3 Å². The van der Waals surface area contributed by atoms with E-state index in [0.29, 0.717) is 18.3 Å². The highest BCUT2D eigenvalue weighted by molar-refractivity contribution is 5.70. The number of carbonyl (C=O) groups is 1. The first kappa shape index (κ1) is 17.8. The van der Waals surface area contributed by atoms with Gasteiger partial charge in [0.15, 0.2) is 0 Å². The zero-order valence-electron chi connectivity index (χ0n) is 14.5. The van der Waals surface area contributed by atoms with Crippen LogP contribution in [0.15, 0.2) is 24.3 Å². The monoisotopic (exact) mass is 368 g/mol.